The van der Waals surface area contributed by atoms with E-state index in [-0.39, 0.29) is 28.6 Å². The van der Waals surface area contributed by atoms with Crippen LogP contribution in [0.4, 0.5) is 15.8 Å². The van der Waals surface area contributed by atoms with Crippen LogP contribution in [0.15, 0.2) is 42.5 Å². The number of para-hydroxylation sites is 1. The zero-order chi connectivity index (χ0) is 19.8. The number of thioether (sulfide) groups is 1. The molecule has 4 nitrogen and oxygen atoms in total. The van der Waals surface area contributed by atoms with Gasteiger partial charge in [-0.15, -0.1) is 11.8 Å². The van der Waals surface area contributed by atoms with Gasteiger partial charge in [-0.2, -0.15) is 0 Å². The summed E-state index contributed by atoms with van der Waals surface area (Å²) in [6, 6.07) is 11.6. The van der Waals surface area contributed by atoms with Crippen LogP contribution in [0.5, 0.6) is 0 Å². The third-order valence-electron chi connectivity index (χ3n) is 4.21. The Balaban J connectivity index is 1.90. The molecule has 0 saturated carbocycles. The highest BCUT2D eigenvalue weighted by Crippen LogP contribution is 2.24. The molecule has 0 aliphatic rings. The van der Waals surface area contributed by atoms with Gasteiger partial charge >= 0.3 is 0 Å². The minimum absolute atomic E-state index is 0.120. The zero-order valence-electron chi connectivity index (χ0n) is 15.8. The summed E-state index contributed by atoms with van der Waals surface area (Å²) in [7, 11) is 0. The summed E-state index contributed by atoms with van der Waals surface area (Å²) in [5.74, 6) is -0.562. The number of carbonyl (C=O) groups excluding carboxylic acids is 2. The first-order valence-electron chi connectivity index (χ1n) is 9.03. The second kappa shape index (κ2) is 10.1. The van der Waals surface area contributed by atoms with Crippen LogP contribution in [-0.4, -0.2) is 22.8 Å². The lowest BCUT2D eigenvalue weighted by Crippen LogP contribution is -2.26. The number of benzene rings is 2. The molecule has 2 rings (SSSR count). The molecule has 2 amide bonds. The van der Waals surface area contributed by atoms with E-state index in [1.807, 2.05) is 18.2 Å². The quantitative estimate of drug-likeness (QED) is 0.692. The number of hydrogen-bond donors (Lipinski definition) is 2. The van der Waals surface area contributed by atoms with Crippen molar-refractivity contribution in [1.29, 1.82) is 0 Å². The Bertz CT molecular complexity index is 771. The minimum atomic E-state index is -0.376. The second-order valence-electron chi connectivity index (χ2n) is 6.16. The van der Waals surface area contributed by atoms with E-state index in [2.05, 4.69) is 24.5 Å². The summed E-state index contributed by atoms with van der Waals surface area (Å²) in [5, 5.41) is 5.34. The minimum Gasteiger partial charge on any atom is -0.325 e. The molecule has 0 radical (unpaired) electrons. The summed E-state index contributed by atoms with van der Waals surface area (Å²) < 4.78 is 12.9. The third-order valence-corrected chi connectivity index (χ3v) is 5.35. The van der Waals surface area contributed by atoms with Gasteiger partial charge in [0.2, 0.25) is 11.8 Å². The van der Waals surface area contributed by atoms with Crippen molar-refractivity contribution in [2.45, 2.75) is 38.9 Å². The summed E-state index contributed by atoms with van der Waals surface area (Å²) in [6.07, 6.45) is 1.68. The molecule has 0 heterocycles. The molecule has 0 unspecified atom stereocenters. The van der Waals surface area contributed by atoms with Crippen LogP contribution >= 0.6 is 11.8 Å². The number of carbonyl (C=O) groups is 2. The van der Waals surface area contributed by atoms with Crippen molar-refractivity contribution in [3.8, 4) is 0 Å². The molecule has 2 aromatic rings. The molecule has 0 saturated heterocycles. The van der Waals surface area contributed by atoms with E-state index in [1.54, 1.807) is 6.92 Å². The van der Waals surface area contributed by atoms with Crippen molar-refractivity contribution in [1.82, 2.24) is 0 Å². The molecule has 0 aromatic heterocycles. The molecular weight excluding hydrogens is 363 g/mol. The van der Waals surface area contributed by atoms with Crippen molar-refractivity contribution in [3.63, 3.8) is 0 Å². The summed E-state index contributed by atoms with van der Waals surface area (Å²) in [5.41, 5.74) is 3.63. The number of rotatable bonds is 8. The molecule has 1 atom stereocenters. The summed E-state index contributed by atoms with van der Waals surface area (Å²) >= 11 is 1.26. The van der Waals surface area contributed by atoms with Crippen LogP contribution in [0.2, 0.25) is 0 Å². The maximum absolute atomic E-state index is 12.9. The van der Waals surface area contributed by atoms with Gasteiger partial charge in [0, 0.05) is 11.4 Å². The van der Waals surface area contributed by atoms with E-state index in [0.29, 0.717) is 5.69 Å². The number of hydrogen-bond acceptors (Lipinski definition) is 3. The van der Waals surface area contributed by atoms with E-state index < -0.39 is 0 Å². The number of aryl methyl sites for hydroxylation is 2. The molecule has 6 heteroatoms. The van der Waals surface area contributed by atoms with Gasteiger partial charge in [-0.05, 0) is 55.2 Å². The fourth-order valence-electron chi connectivity index (χ4n) is 2.63. The summed E-state index contributed by atoms with van der Waals surface area (Å²) in [4.78, 5) is 24.6. The third kappa shape index (κ3) is 6.10. The van der Waals surface area contributed by atoms with Crippen molar-refractivity contribution in [3.05, 3.63) is 59.4 Å². The molecule has 0 aliphatic heterocycles. The van der Waals surface area contributed by atoms with Gasteiger partial charge in [0.05, 0.1) is 11.0 Å². The molecule has 144 valence electrons. The predicted octanol–water partition coefficient (Wildman–Crippen LogP) is 4.65. The van der Waals surface area contributed by atoms with Crippen LogP contribution in [0.3, 0.4) is 0 Å². The SMILES string of the molecule is CCc1cccc(CC)c1NC(=O)[C@@H](C)SCC(=O)Nc1ccc(F)cc1. The van der Waals surface area contributed by atoms with Crippen LogP contribution in [0, 0.1) is 5.82 Å². The van der Waals surface area contributed by atoms with E-state index in [9.17, 15) is 14.0 Å². The Morgan fingerprint density at radius 3 is 2.15 bits per heavy atom. The first kappa shape index (κ1) is 21.0. The average Bonchev–Trinajstić information content (AvgIpc) is 2.67. The second-order valence-corrected chi connectivity index (χ2v) is 7.49. The normalized spacial score (nSPS) is 11.7. The molecular formula is C21H25FN2O2S. The number of anilines is 2. The molecule has 0 fully saturated rings. The fraction of sp³-hybridized carbons (Fsp3) is 0.333. The van der Waals surface area contributed by atoms with Crippen LogP contribution < -0.4 is 10.6 Å². The van der Waals surface area contributed by atoms with Crippen molar-refractivity contribution < 1.29 is 14.0 Å². The fourth-order valence-corrected chi connectivity index (χ4v) is 3.32. The van der Waals surface area contributed by atoms with Crippen molar-refractivity contribution in [2.24, 2.45) is 0 Å². The highest BCUT2D eigenvalue weighted by atomic mass is 32.2. The largest absolute Gasteiger partial charge is 0.325 e. The van der Waals surface area contributed by atoms with Gasteiger partial charge in [-0.25, -0.2) is 4.39 Å². The van der Waals surface area contributed by atoms with E-state index >= 15 is 0 Å². The van der Waals surface area contributed by atoms with Gasteiger partial charge in [0.25, 0.3) is 0 Å². The van der Waals surface area contributed by atoms with Gasteiger partial charge in [0.1, 0.15) is 5.82 Å². The maximum Gasteiger partial charge on any atom is 0.237 e. The maximum atomic E-state index is 12.9. The van der Waals surface area contributed by atoms with E-state index in [0.717, 1.165) is 29.7 Å². The first-order valence-corrected chi connectivity index (χ1v) is 10.1. The standard InChI is InChI=1S/C21H25FN2O2S/c1-4-15-7-6-8-16(5-2)20(15)24-21(26)14(3)27-13-19(25)23-18-11-9-17(22)10-12-18/h6-12,14H,4-5,13H2,1-3H3,(H,23,25)(H,24,26)/t14-/m1/s1. The van der Waals surface area contributed by atoms with E-state index in [1.165, 1.54) is 36.0 Å². The Labute approximate surface area is 163 Å². The molecule has 2 N–H and O–H groups in total. The Morgan fingerprint density at radius 1 is 1.00 bits per heavy atom. The molecule has 0 aliphatic carbocycles. The smallest absolute Gasteiger partial charge is 0.237 e. The molecule has 27 heavy (non-hydrogen) atoms. The van der Waals surface area contributed by atoms with Crippen LogP contribution in [0.25, 0.3) is 0 Å². The molecule has 0 spiro atoms. The highest BCUT2D eigenvalue weighted by Gasteiger charge is 2.18. The van der Waals surface area contributed by atoms with Crippen LogP contribution in [0.1, 0.15) is 31.9 Å². The topological polar surface area (TPSA) is 58.2 Å². The first-order chi connectivity index (χ1) is 12.9. The van der Waals surface area contributed by atoms with Gasteiger partial charge in [-0.1, -0.05) is 32.0 Å². The van der Waals surface area contributed by atoms with Gasteiger partial charge in [-0.3, -0.25) is 9.59 Å². The lowest BCUT2D eigenvalue weighted by Gasteiger charge is -2.17. The van der Waals surface area contributed by atoms with Gasteiger partial charge < -0.3 is 10.6 Å². The van der Waals surface area contributed by atoms with Gasteiger partial charge in [0.15, 0.2) is 0 Å². The number of halogens is 1. The number of nitrogens with one attached hydrogen (secondary N) is 2. The lowest BCUT2D eigenvalue weighted by molar-refractivity contribution is -0.115. The van der Waals surface area contributed by atoms with Crippen molar-refractivity contribution >= 4 is 35.0 Å². The predicted molar refractivity (Wildman–Crippen MR) is 111 cm³/mol. The Kier molecular flexibility index (Phi) is 7.85. The van der Waals surface area contributed by atoms with E-state index in [4.69, 9.17) is 0 Å². The average molecular weight is 389 g/mol. The van der Waals surface area contributed by atoms with Crippen molar-refractivity contribution in [2.75, 3.05) is 16.4 Å². The lowest BCUT2D eigenvalue weighted by atomic mass is 10.0. The summed E-state index contributed by atoms with van der Waals surface area (Å²) in [6.45, 7) is 5.90. The Morgan fingerprint density at radius 2 is 1.59 bits per heavy atom. The number of amides is 2. The molecule has 0 bridgehead atoms. The Hall–Kier alpha value is -2.34. The zero-order valence-corrected chi connectivity index (χ0v) is 16.7. The highest BCUT2D eigenvalue weighted by molar-refractivity contribution is 8.01. The van der Waals surface area contributed by atoms with Crippen LogP contribution in [-0.2, 0) is 22.4 Å². The monoisotopic (exact) mass is 388 g/mol. The molecule has 2 aromatic carbocycles.